The summed E-state index contributed by atoms with van der Waals surface area (Å²) in [6, 6.07) is 0. The zero-order valence-corrected chi connectivity index (χ0v) is 15.9. The molecule has 0 aromatic carbocycles. The number of guanidine groups is 1. The van der Waals surface area contributed by atoms with Crippen LogP contribution in [-0.2, 0) is 12.8 Å². The number of aliphatic hydroxyl groups excluding tert-OH is 1. The van der Waals surface area contributed by atoms with Gasteiger partial charge in [-0.05, 0) is 19.8 Å². The van der Waals surface area contributed by atoms with Crippen molar-refractivity contribution in [3.63, 3.8) is 0 Å². The fraction of sp³-hybridized carbons (Fsp3) is 0.714. The minimum Gasteiger partial charge on any atom is -0.391 e. The fourth-order valence-corrected chi connectivity index (χ4v) is 3.04. The van der Waals surface area contributed by atoms with Crippen molar-refractivity contribution in [2.75, 3.05) is 26.2 Å². The van der Waals surface area contributed by atoms with E-state index in [0.29, 0.717) is 6.54 Å². The summed E-state index contributed by atoms with van der Waals surface area (Å²) >= 11 is 1.73. The summed E-state index contributed by atoms with van der Waals surface area (Å²) in [5, 5.41) is 16.2. The number of hydrogen-bond donors (Lipinski definition) is 2. The number of aliphatic hydroxyl groups is 1. The van der Waals surface area contributed by atoms with Crippen LogP contribution in [0.4, 0.5) is 0 Å². The number of β-amino-alcohol motifs (C(OH)–C–C–N with tert-alkyl or cyclic N) is 1. The number of aryl methyl sites for hydroxylation is 1. The summed E-state index contributed by atoms with van der Waals surface area (Å²) in [4.78, 5) is 11.3. The number of aromatic nitrogens is 1. The minimum atomic E-state index is -0.218. The van der Waals surface area contributed by atoms with E-state index in [9.17, 15) is 5.11 Å². The number of halogens is 1. The number of nitrogens with zero attached hydrogens (tertiary/aromatic N) is 3. The predicted octanol–water partition coefficient (Wildman–Crippen LogP) is 1.90. The third-order valence-corrected chi connectivity index (χ3v) is 4.37. The Morgan fingerprint density at radius 2 is 2.38 bits per heavy atom. The van der Waals surface area contributed by atoms with Crippen molar-refractivity contribution in [1.29, 1.82) is 0 Å². The van der Waals surface area contributed by atoms with E-state index in [2.05, 4.69) is 39.4 Å². The first-order valence-electron chi connectivity index (χ1n) is 7.37. The summed E-state index contributed by atoms with van der Waals surface area (Å²) < 4.78 is 0. The van der Waals surface area contributed by atoms with Gasteiger partial charge >= 0.3 is 0 Å². The minimum absolute atomic E-state index is 0. The maximum atomic E-state index is 9.62. The van der Waals surface area contributed by atoms with E-state index >= 15 is 0 Å². The summed E-state index contributed by atoms with van der Waals surface area (Å²) in [6.45, 7) is 7.34. The first-order valence-corrected chi connectivity index (χ1v) is 8.25. The Bertz CT molecular complexity index is 452. The first-order chi connectivity index (χ1) is 9.72. The normalized spacial score (nSPS) is 18.7. The van der Waals surface area contributed by atoms with Crippen LogP contribution in [0.1, 0.15) is 31.0 Å². The summed E-state index contributed by atoms with van der Waals surface area (Å²) in [5.74, 6) is 0.912. The van der Waals surface area contributed by atoms with Crippen molar-refractivity contribution in [1.82, 2.24) is 15.2 Å². The maximum Gasteiger partial charge on any atom is 0.194 e. The Kier molecular flexibility index (Phi) is 8.50. The van der Waals surface area contributed by atoms with E-state index in [1.807, 2.05) is 0 Å². The van der Waals surface area contributed by atoms with Crippen LogP contribution in [-0.4, -0.2) is 53.2 Å². The lowest BCUT2D eigenvalue weighted by Gasteiger charge is -2.20. The molecule has 0 bridgehead atoms. The second-order valence-electron chi connectivity index (χ2n) is 4.96. The SMILES string of the molecule is CCNC(=NCCc1csc(CC)n1)N1CC[C@@H](O)C1.I. The molecule has 21 heavy (non-hydrogen) atoms. The second-order valence-corrected chi connectivity index (χ2v) is 5.90. The van der Waals surface area contributed by atoms with E-state index < -0.39 is 0 Å². The Labute approximate surface area is 147 Å². The third kappa shape index (κ3) is 5.71. The van der Waals surface area contributed by atoms with Crippen molar-refractivity contribution < 1.29 is 5.11 Å². The van der Waals surface area contributed by atoms with Crippen LogP contribution in [0.15, 0.2) is 10.4 Å². The van der Waals surface area contributed by atoms with Gasteiger partial charge < -0.3 is 15.3 Å². The largest absolute Gasteiger partial charge is 0.391 e. The molecule has 1 fully saturated rings. The highest BCUT2D eigenvalue weighted by Gasteiger charge is 2.22. The molecule has 120 valence electrons. The van der Waals surface area contributed by atoms with Gasteiger partial charge in [-0.3, -0.25) is 4.99 Å². The number of rotatable bonds is 5. The molecule has 0 saturated carbocycles. The molecule has 2 N–H and O–H groups in total. The molecule has 1 atom stereocenters. The summed E-state index contributed by atoms with van der Waals surface area (Å²) in [6.07, 6.45) is 2.49. The van der Waals surface area contributed by atoms with E-state index in [1.165, 1.54) is 5.01 Å². The zero-order valence-electron chi connectivity index (χ0n) is 12.7. The average Bonchev–Trinajstić information content (AvgIpc) is 3.06. The summed E-state index contributed by atoms with van der Waals surface area (Å²) in [7, 11) is 0. The molecule has 1 aliphatic heterocycles. The number of aliphatic imine (C=N–C) groups is 1. The second kappa shape index (κ2) is 9.58. The van der Waals surface area contributed by atoms with Gasteiger partial charge in [0.15, 0.2) is 5.96 Å². The first kappa shape index (κ1) is 18.6. The van der Waals surface area contributed by atoms with Gasteiger partial charge in [-0.2, -0.15) is 0 Å². The molecule has 1 aromatic rings. The molecule has 0 spiro atoms. The van der Waals surface area contributed by atoms with Gasteiger partial charge in [0.05, 0.1) is 16.8 Å². The molecule has 0 amide bonds. The highest BCUT2D eigenvalue weighted by molar-refractivity contribution is 14.0. The van der Waals surface area contributed by atoms with Crippen LogP contribution < -0.4 is 5.32 Å². The fourth-order valence-electron chi connectivity index (χ4n) is 2.26. The highest BCUT2D eigenvalue weighted by Crippen LogP contribution is 2.11. The molecule has 2 rings (SSSR count). The molecular formula is C14H25IN4OS. The van der Waals surface area contributed by atoms with E-state index in [-0.39, 0.29) is 30.1 Å². The smallest absolute Gasteiger partial charge is 0.194 e. The topological polar surface area (TPSA) is 60.8 Å². The van der Waals surface area contributed by atoms with E-state index in [1.54, 1.807) is 11.3 Å². The zero-order chi connectivity index (χ0) is 14.4. The molecule has 5 nitrogen and oxygen atoms in total. The van der Waals surface area contributed by atoms with Gasteiger partial charge in [-0.15, -0.1) is 35.3 Å². The molecule has 1 saturated heterocycles. The molecule has 0 unspecified atom stereocenters. The van der Waals surface area contributed by atoms with Crippen molar-refractivity contribution in [3.05, 3.63) is 16.1 Å². The number of hydrogen-bond acceptors (Lipinski definition) is 4. The standard InChI is InChI=1S/C14H24N4OS.HI/c1-3-13-17-11(10-20-13)5-7-16-14(15-4-2)18-8-6-12(19)9-18;/h10,12,19H,3-9H2,1-2H3,(H,15,16);1H/t12-;/m1./s1. The van der Waals surface area contributed by atoms with E-state index in [0.717, 1.165) is 50.6 Å². The van der Waals surface area contributed by atoms with Crippen molar-refractivity contribution >= 4 is 41.3 Å². The van der Waals surface area contributed by atoms with Crippen molar-refractivity contribution in [3.8, 4) is 0 Å². The van der Waals surface area contributed by atoms with Gasteiger partial charge in [-0.1, -0.05) is 6.92 Å². The highest BCUT2D eigenvalue weighted by atomic mass is 127. The Hall–Kier alpha value is -0.410. The molecular weight excluding hydrogens is 399 g/mol. The quantitative estimate of drug-likeness (QED) is 0.431. The number of likely N-dealkylation sites (tertiary alicyclic amines) is 1. The van der Waals surface area contributed by atoms with Gasteiger partial charge in [0.2, 0.25) is 0 Å². The van der Waals surface area contributed by atoms with Crippen LogP contribution >= 0.6 is 35.3 Å². The third-order valence-electron chi connectivity index (χ3n) is 3.33. The lowest BCUT2D eigenvalue weighted by Crippen LogP contribution is -2.40. The van der Waals surface area contributed by atoms with Crippen LogP contribution in [0.3, 0.4) is 0 Å². The van der Waals surface area contributed by atoms with Crippen LogP contribution in [0.5, 0.6) is 0 Å². The molecule has 0 radical (unpaired) electrons. The number of nitrogens with one attached hydrogen (secondary N) is 1. The molecule has 0 aliphatic carbocycles. The maximum absolute atomic E-state index is 9.62. The summed E-state index contributed by atoms with van der Waals surface area (Å²) in [5.41, 5.74) is 1.13. The number of thiazole rings is 1. The average molecular weight is 424 g/mol. The molecule has 1 aliphatic rings. The Morgan fingerprint density at radius 1 is 1.57 bits per heavy atom. The lowest BCUT2D eigenvalue weighted by atomic mass is 10.3. The van der Waals surface area contributed by atoms with Crippen molar-refractivity contribution in [2.45, 2.75) is 39.2 Å². The van der Waals surface area contributed by atoms with Crippen LogP contribution in [0, 0.1) is 0 Å². The molecule has 1 aromatic heterocycles. The Balaban J connectivity index is 0.00000220. The Morgan fingerprint density at radius 3 is 2.95 bits per heavy atom. The lowest BCUT2D eigenvalue weighted by molar-refractivity contribution is 0.188. The molecule has 2 heterocycles. The molecule has 7 heteroatoms. The van der Waals surface area contributed by atoms with Gasteiger partial charge in [-0.25, -0.2) is 4.98 Å². The van der Waals surface area contributed by atoms with Crippen LogP contribution in [0.2, 0.25) is 0 Å². The van der Waals surface area contributed by atoms with Gasteiger partial charge in [0.25, 0.3) is 0 Å². The van der Waals surface area contributed by atoms with E-state index in [4.69, 9.17) is 0 Å². The van der Waals surface area contributed by atoms with Crippen molar-refractivity contribution in [2.24, 2.45) is 4.99 Å². The van der Waals surface area contributed by atoms with Crippen LogP contribution in [0.25, 0.3) is 0 Å². The van der Waals surface area contributed by atoms with Gasteiger partial charge in [0.1, 0.15) is 0 Å². The monoisotopic (exact) mass is 424 g/mol. The predicted molar refractivity (Wildman–Crippen MR) is 98.8 cm³/mol. The van der Waals surface area contributed by atoms with Gasteiger partial charge in [0, 0.05) is 38.0 Å².